The molecule has 0 spiro atoms. The molecule has 3 N–H and O–H groups in total. The van der Waals surface area contributed by atoms with E-state index >= 15 is 0 Å². The molecule has 1 atom stereocenters. The van der Waals surface area contributed by atoms with Gasteiger partial charge in [-0.15, -0.1) is 0 Å². The fourth-order valence-electron chi connectivity index (χ4n) is 3.06. The van der Waals surface area contributed by atoms with E-state index < -0.39 is 5.60 Å². The molecule has 0 saturated carbocycles. The molecule has 27 heavy (non-hydrogen) atoms. The Morgan fingerprint density at radius 3 is 2.19 bits per heavy atom. The van der Waals surface area contributed by atoms with Crippen molar-refractivity contribution in [2.45, 2.75) is 18.9 Å². The predicted molar refractivity (Wildman–Crippen MR) is 103 cm³/mol. The van der Waals surface area contributed by atoms with E-state index in [0.29, 0.717) is 30.7 Å². The molecule has 1 aliphatic heterocycles. The maximum Gasteiger partial charge on any atom is 0.338 e. The van der Waals surface area contributed by atoms with E-state index in [4.69, 9.17) is 4.74 Å². The van der Waals surface area contributed by atoms with Crippen LogP contribution in [0.3, 0.4) is 0 Å². The second-order valence-corrected chi connectivity index (χ2v) is 6.71. The maximum absolute atomic E-state index is 12.3. The van der Waals surface area contributed by atoms with Crippen molar-refractivity contribution in [2.75, 3.05) is 26.2 Å². The molecule has 1 heterocycles. The highest BCUT2D eigenvalue weighted by Gasteiger charge is 2.31. The van der Waals surface area contributed by atoms with Crippen LogP contribution < -0.4 is 10.6 Å². The quantitative estimate of drug-likeness (QED) is 0.679. The number of amides is 1. The van der Waals surface area contributed by atoms with Crippen molar-refractivity contribution in [3.8, 4) is 11.1 Å². The Morgan fingerprint density at radius 1 is 1.07 bits per heavy atom. The van der Waals surface area contributed by atoms with Crippen LogP contribution in [0.1, 0.15) is 34.1 Å². The molecule has 0 aromatic heterocycles. The van der Waals surface area contributed by atoms with E-state index in [0.717, 1.165) is 17.7 Å². The Balaban J connectivity index is 1.62. The van der Waals surface area contributed by atoms with E-state index in [1.165, 1.54) is 0 Å². The topological polar surface area (TPSA) is 87.7 Å². The third kappa shape index (κ3) is 4.72. The Kier molecular flexibility index (Phi) is 5.88. The standard InChI is InChI=1S/C21H24N2O4/c1-2-27-20(25)18-9-5-16(6-10-18)15-3-7-17(8-4-15)19(24)23-14-21(26)11-12-22-13-21/h3-10,22,26H,2,11-14H2,1H3,(H,23,24)/t21-/m0/s1. The summed E-state index contributed by atoms with van der Waals surface area (Å²) in [6, 6.07) is 14.4. The Morgan fingerprint density at radius 2 is 1.67 bits per heavy atom. The number of benzene rings is 2. The number of aliphatic hydroxyl groups is 1. The van der Waals surface area contributed by atoms with Gasteiger partial charge in [-0.05, 0) is 55.3 Å². The minimum atomic E-state index is -0.865. The number of β-amino-alcohol motifs (C(OH)–C–C–N with tert-alkyl or cyclic N) is 1. The van der Waals surface area contributed by atoms with Crippen molar-refractivity contribution in [2.24, 2.45) is 0 Å². The number of carbonyl (C=O) groups is 2. The Labute approximate surface area is 158 Å². The molecule has 0 radical (unpaired) electrons. The molecule has 142 valence electrons. The molecule has 0 unspecified atom stereocenters. The second-order valence-electron chi connectivity index (χ2n) is 6.71. The van der Waals surface area contributed by atoms with Crippen molar-refractivity contribution in [1.29, 1.82) is 0 Å². The molecule has 6 heteroatoms. The van der Waals surface area contributed by atoms with Gasteiger partial charge in [-0.2, -0.15) is 0 Å². The third-order valence-corrected chi connectivity index (χ3v) is 4.68. The summed E-state index contributed by atoms with van der Waals surface area (Å²) in [6.45, 7) is 3.60. The van der Waals surface area contributed by atoms with Gasteiger partial charge in [-0.25, -0.2) is 4.79 Å². The minimum Gasteiger partial charge on any atom is -0.462 e. The number of rotatable bonds is 6. The van der Waals surface area contributed by atoms with Crippen molar-refractivity contribution < 1.29 is 19.4 Å². The zero-order valence-corrected chi connectivity index (χ0v) is 15.3. The van der Waals surface area contributed by atoms with Gasteiger partial charge in [0.2, 0.25) is 0 Å². The molecule has 1 aliphatic rings. The Bertz CT molecular complexity index is 794. The van der Waals surface area contributed by atoms with Gasteiger partial charge in [0, 0.05) is 18.7 Å². The van der Waals surface area contributed by atoms with Gasteiger partial charge in [0.1, 0.15) is 0 Å². The number of hydrogen-bond donors (Lipinski definition) is 3. The van der Waals surface area contributed by atoms with Gasteiger partial charge in [-0.3, -0.25) is 4.79 Å². The average molecular weight is 368 g/mol. The largest absolute Gasteiger partial charge is 0.462 e. The van der Waals surface area contributed by atoms with Gasteiger partial charge in [0.15, 0.2) is 0 Å². The lowest BCUT2D eigenvalue weighted by atomic mass is 10.0. The summed E-state index contributed by atoms with van der Waals surface area (Å²) < 4.78 is 4.98. The monoisotopic (exact) mass is 368 g/mol. The van der Waals surface area contributed by atoms with Crippen LogP contribution in [0.2, 0.25) is 0 Å². The molecule has 3 rings (SSSR count). The smallest absolute Gasteiger partial charge is 0.338 e. The van der Waals surface area contributed by atoms with Gasteiger partial charge < -0.3 is 20.5 Å². The fraction of sp³-hybridized carbons (Fsp3) is 0.333. The number of hydrogen-bond acceptors (Lipinski definition) is 5. The van der Waals surface area contributed by atoms with Crippen molar-refractivity contribution in [3.63, 3.8) is 0 Å². The van der Waals surface area contributed by atoms with Crippen LogP contribution in [0.15, 0.2) is 48.5 Å². The van der Waals surface area contributed by atoms with Crippen LogP contribution in [0.4, 0.5) is 0 Å². The average Bonchev–Trinajstić information content (AvgIpc) is 3.13. The van der Waals surface area contributed by atoms with Gasteiger partial charge >= 0.3 is 5.97 Å². The molecule has 2 aromatic rings. The first-order valence-corrected chi connectivity index (χ1v) is 9.10. The number of esters is 1. The highest BCUT2D eigenvalue weighted by molar-refractivity contribution is 5.95. The van der Waals surface area contributed by atoms with Gasteiger partial charge in [0.25, 0.3) is 5.91 Å². The third-order valence-electron chi connectivity index (χ3n) is 4.68. The summed E-state index contributed by atoms with van der Waals surface area (Å²) in [5.41, 5.74) is 2.07. The van der Waals surface area contributed by atoms with Gasteiger partial charge in [-0.1, -0.05) is 24.3 Å². The Hall–Kier alpha value is -2.70. The first-order valence-electron chi connectivity index (χ1n) is 9.10. The van der Waals surface area contributed by atoms with Crippen molar-refractivity contribution >= 4 is 11.9 Å². The summed E-state index contributed by atoms with van der Waals surface area (Å²) in [5, 5.41) is 16.1. The molecule has 1 amide bonds. The second kappa shape index (κ2) is 8.33. The first kappa shape index (κ1) is 19.1. The van der Waals surface area contributed by atoms with E-state index in [2.05, 4.69) is 10.6 Å². The normalized spacial score (nSPS) is 18.9. The van der Waals surface area contributed by atoms with Crippen LogP contribution in [-0.2, 0) is 4.74 Å². The van der Waals surface area contributed by atoms with Crippen LogP contribution >= 0.6 is 0 Å². The molecule has 0 bridgehead atoms. The van der Waals surface area contributed by atoms with Gasteiger partial charge in [0.05, 0.1) is 17.8 Å². The molecular formula is C21H24N2O4. The highest BCUT2D eigenvalue weighted by Crippen LogP contribution is 2.21. The predicted octanol–water partition coefficient (Wildman–Crippen LogP) is 1.98. The highest BCUT2D eigenvalue weighted by atomic mass is 16.5. The number of ether oxygens (including phenoxy) is 1. The zero-order chi connectivity index (χ0) is 19.3. The zero-order valence-electron chi connectivity index (χ0n) is 15.3. The minimum absolute atomic E-state index is 0.209. The molecule has 0 aliphatic carbocycles. The van der Waals surface area contributed by atoms with Crippen molar-refractivity contribution in [1.82, 2.24) is 10.6 Å². The lowest BCUT2D eigenvalue weighted by Gasteiger charge is -2.21. The molecule has 1 saturated heterocycles. The van der Waals surface area contributed by atoms with Crippen LogP contribution in [0, 0.1) is 0 Å². The van der Waals surface area contributed by atoms with E-state index in [9.17, 15) is 14.7 Å². The lowest BCUT2D eigenvalue weighted by Crippen LogP contribution is -2.44. The lowest BCUT2D eigenvalue weighted by molar-refractivity contribution is 0.0526. The van der Waals surface area contributed by atoms with Crippen LogP contribution in [0.25, 0.3) is 11.1 Å². The summed E-state index contributed by atoms with van der Waals surface area (Å²) in [5.74, 6) is -0.547. The molecule has 2 aromatic carbocycles. The van der Waals surface area contributed by atoms with E-state index in [-0.39, 0.29) is 18.4 Å². The molecule has 1 fully saturated rings. The summed E-state index contributed by atoms with van der Waals surface area (Å²) in [4.78, 5) is 24.0. The summed E-state index contributed by atoms with van der Waals surface area (Å²) >= 11 is 0. The van der Waals surface area contributed by atoms with Crippen LogP contribution in [-0.4, -0.2) is 48.8 Å². The number of nitrogens with one attached hydrogen (secondary N) is 2. The molecular weight excluding hydrogens is 344 g/mol. The maximum atomic E-state index is 12.3. The summed E-state index contributed by atoms with van der Waals surface area (Å²) in [6.07, 6.45) is 0.633. The molecule has 6 nitrogen and oxygen atoms in total. The first-order chi connectivity index (χ1) is 13.0. The van der Waals surface area contributed by atoms with E-state index in [1.54, 1.807) is 31.2 Å². The van der Waals surface area contributed by atoms with E-state index in [1.807, 2.05) is 24.3 Å². The fourth-order valence-corrected chi connectivity index (χ4v) is 3.06. The number of carbonyl (C=O) groups excluding carboxylic acids is 2. The van der Waals surface area contributed by atoms with Crippen LogP contribution in [0.5, 0.6) is 0 Å². The van der Waals surface area contributed by atoms with Crippen molar-refractivity contribution in [3.05, 3.63) is 59.7 Å². The SMILES string of the molecule is CCOC(=O)c1ccc(-c2ccc(C(=O)NC[C@]3(O)CCNC3)cc2)cc1. The summed E-state index contributed by atoms with van der Waals surface area (Å²) in [7, 11) is 0.